The van der Waals surface area contributed by atoms with Crippen LogP contribution in [-0.2, 0) is 0 Å². The van der Waals surface area contributed by atoms with Gasteiger partial charge in [-0.3, -0.25) is 0 Å². The quantitative estimate of drug-likeness (QED) is 0.377. The maximum atomic E-state index is 4.31. The van der Waals surface area contributed by atoms with Crippen molar-refractivity contribution >= 4 is 30.7 Å². The molecule has 0 saturated heterocycles. The summed E-state index contributed by atoms with van der Waals surface area (Å²) in [6.07, 6.45) is 7.57. The fourth-order valence-corrected chi connectivity index (χ4v) is 6.54. The van der Waals surface area contributed by atoms with Gasteiger partial charge in [0, 0.05) is 0 Å². The summed E-state index contributed by atoms with van der Waals surface area (Å²) in [7, 11) is -1.22. The molecule has 1 aliphatic rings. The van der Waals surface area contributed by atoms with Crippen molar-refractivity contribution in [1.29, 1.82) is 0 Å². The van der Waals surface area contributed by atoms with Crippen LogP contribution in [0, 0.1) is 0 Å². The SMILES string of the molecule is C=C(C1=CCCCC1)/C(=C\I)[Si](C)(C)C. The molecule has 0 aromatic rings. The first kappa shape index (κ1) is 13.2. The van der Waals surface area contributed by atoms with Crippen molar-refractivity contribution in [3.63, 3.8) is 0 Å². The van der Waals surface area contributed by atoms with Crippen LogP contribution in [-0.4, -0.2) is 8.07 Å². The molecule has 1 rings (SSSR count). The monoisotopic (exact) mass is 332 g/mol. The van der Waals surface area contributed by atoms with Crippen LogP contribution in [0.3, 0.4) is 0 Å². The molecule has 1 aliphatic carbocycles. The molecule has 0 atom stereocenters. The van der Waals surface area contributed by atoms with E-state index in [-0.39, 0.29) is 0 Å². The molecule has 0 unspecified atom stereocenters. The van der Waals surface area contributed by atoms with E-state index in [9.17, 15) is 0 Å². The molecule has 0 heterocycles. The summed E-state index contributed by atoms with van der Waals surface area (Å²) in [5.74, 6) is 0. The minimum atomic E-state index is -1.22. The fraction of sp³-hybridized carbons (Fsp3) is 0.538. The lowest BCUT2D eigenvalue weighted by Gasteiger charge is -2.25. The number of halogens is 1. The summed E-state index contributed by atoms with van der Waals surface area (Å²) in [6, 6.07) is 0. The van der Waals surface area contributed by atoms with E-state index in [1.807, 2.05) is 0 Å². The highest BCUT2D eigenvalue weighted by molar-refractivity contribution is 14.1. The van der Waals surface area contributed by atoms with Gasteiger partial charge >= 0.3 is 0 Å². The molecule has 0 N–H and O–H groups in total. The average Bonchev–Trinajstić information content (AvgIpc) is 2.18. The number of hydrogen-bond donors (Lipinski definition) is 0. The smallest absolute Gasteiger partial charge is 0.0789 e. The van der Waals surface area contributed by atoms with Crippen LogP contribution >= 0.6 is 22.6 Å². The van der Waals surface area contributed by atoms with Gasteiger partial charge in [0.15, 0.2) is 0 Å². The first-order valence-electron chi connectivity index (χ1n) is 5.66. The van der Waals surface area contributed by atoms with Gasteiger partial charge in [-0.05, 0) is 46.1 Å². The predicted octanol–water partition coefficient (Wildman–Crippen LogP) is 5.24. The van der Waals surface area contributed by atoms with E-state index in [4.69, 9.17) is 0 Å². The van der Waals surface area contributed by atoms with Crippen LogP contribution in [0.15, 0.2) is 33.1 Å². The molecule has 0 aromatic carbocycles. The summed E-state index contributed by atoms with van der Waals surface area (Å²) in [4.78, 5) is 0. The summed E-state index contributed by atoms with van der Waals surface area (Å²) < 4.78 is 2.25. The second kappa shape index (κ2) is 5.48. The maximum Gasteiger partial charge on any atom is 0.0789 e. The summed E-state index contributed by atoms with van der Waals surface area (Å²) in [5, 5.41) is 1.52. The predicted molar refractivity (Wildman–Crippen MR) is 81.1 cm³/mol. The molecule has 0 fully saturated rings. The third-order valence-corrected chi connectivity index (χ3v) is 6.19. The largest absolute Gasteiger partial charge is 0.0916 e. The van der Waals surface area contributed by atoms with Gasteiger partial charge in [0.25, 0.3) is 0 Å². The minimum absolute atomic E-state index is 1.22. The molecule has 15 heavy (non-hydrogen) atoms. The van der Waals surface area contributed by atoms with Gasteiger partial charge in [0.1, 0.15) is 0 Å². The van der Waals surface area contributed by atoms with Crippen molar-refractivity contribution in [3.05, 3.63) is 33.1 Å². The molecule has 0 radical (unpaired) electrons. The standard InChI is InChI=1S/C13H21ISi/c1-11(12-8-6-5-7-9-12)13(10-14)15(2,3)4/h8,10H,1,5-7,9H2,2-4H3/b13-10+. The molecule has 0 bridgehead atoms. The van der Waals surface area contributed by atoms with Crippen molar-refractivity contribution in [2.75, 3.05) is 0 Å². The lowest BCUT2D eigenvalue weighted by molar-refractivity contribution is 0.708. The summed E-state index contributed by atoms with van der Waals surface area (Å²) >= 11 is 2.37. The van der Waals surface area contributed by atoms with Crippen LogP contribution in [0.4, 0.5) is 0 Å². The van der Waals surface area contributed by atoms with E-state index >= 15 is 0 Å². The fourth-order valence-electron chi connectivity index (χ4n) is 1.97. The first-order chi connectivity index (χ1) is 6.96. The van der Waals surface area contributed by atoms with Gasteiger partial charge in [0.05, 0.1) is 8.07 Å². The zero-order valence-electron chi connectivity index (χ0n) is 10.1. The average molecular weight is 332 g/mol. The zero-order valence-corrected chi connectivity index (χ0v) is 13.2. The molecule has 0 nitrogen and oxygen atoms in total. The van der Waals surface area contributed by atoms with Gasteiger partial charge < -0.3 is 0 Å². The highest BCUT2D eigenvalue weighted by Crippen LogP contribution is 2.32. The molecule has 0 amide bonds. The normalized spacial score (nSPS) is 18.7. The van der Waals surface area contributed by atoms with E-state index in [1.165, 1.54) is 42.0 Å². The Balaban J connectivity index is 2.88. The second-order valence-corrected chi connectivity index (χ2v) is 10.9. The molecule has 0 saturated carbocycles. The van der Waals surface area contributed by atoms with E-state index in [0.29, 0.717) is 0 Å². The van der Waals surface area contributed by atoms with Crippen molar-refractivity contribution in [2.45, 2.75) is 45.3 Å². The van der Waals surface area contributed by atoms with Crippen molar-refractivity contribution < 1.29 is 0 Å². The first-order valence-corrected chi connectivity index (χ1v) is 10.4. The molecule has 2 heteroatoms. The van der Waals surface area contributed by atoms with Gasteiger partial charge in [-0.1, -0.05) is 54.9 Å². The highest BCUT2D eigenvalue weighted by atomic mass is 127. The van der Waals surface area contributed by atoms with Gasteiger partial charge in [0.2, 0.25) is 0 Å². The highest BCUT2D eigenvalue weighted by Gasteiger charge is 2.23. The second-order valence-electron chi connectivity index (χ2n) is 5.23. The Kier molecular flexibility index (Phi) is 4.84. The Morgan fingerprint density at radius 2 is 2.07 bits per heavy atom. The van der Waals surface area contributed by atoms with Crippen LogP contribution in [0.1, 0.15) is 25.7 Å². The van der Waals surface area contributed by atoms with Gasteiger partial charge in [-0.15, -0.1) is 0 Å². The molecule has 0 aliphatic heterocycles. The lowest BCUT2D eigenvalue weighted by Crippen LogP contribution is -2.25. The Bertz CT molecular complexity index is 305. The number of hydrogen-bond acceptors (Lipinski definition) is 0. The van der Waals surface area contributed by atoms with Crippen LogP contribution in [0.5, 0.6) is 0 Å². The van der Waals surface area contributed by atoms with Crippen LogP contribution in [0.2, 0.25) is 19.6 Å². The Morgan fingerprint density at radius 1 is 1.40 bits per heavy atom. The van der Waals surface area contributed by atoms with Crippen molar-refractivity contribution in [3.8, 4) is 0 Å². The Morgan fingerprint density at radius 3 is 2.47 bits per heavy atom. The van der Waals surface area contributed by atoms with Crippen molar-refractivity contribution in [1.82, 2.24) is 0 Å². The van der Waals surface area contributed by atoms with Gasteiger partial charge in [-0.2, -0.15) is 0 Å². The third-order valence-electron chi connectivity index (χ3n) is 2.92. The molecule has 0 spiro atoms. The van der Waals surface area contributed by atoms with E-state index in [1.54, 1.807) is 0 Å². The van der Waals surface area contributed by atoms with E-state index < -0.39 is 8.07 Å². The summed E-state index contributed by atoms with van der Waals surface area (Å²) in [5.41, 5.74) is 2.83. The molecular formula is C13H21ISi. The zero-order chi connectivity index (χ0) is 11.5. The lowest BCUT2D eigenvalue weighted by atomic mass is 9.94. The topological polar surface area (TPSA) is 0 Å². The Hall–Kier alpha value is 0.167. The maximum absolute atomic E-state index is 4.31. The Labute approximate surface area is 109 Å². The number of rotatable bonds is 3. The number of allylic oxidation sites excluding steroid dienone is 4. The molecule has 0 aromatic heterocycles. The molecule has 84 valence electrons. The van der Waals surface area contributed by atoms with E-state index in [2.05, 4.69) is 59.0 Å². The minimum Gasteiger partial charge on any atom is -0.0916 e. The van der Waals surface area contributed by atoms with Crippen molar-refractivity contribution in [2.24, 2.45) is 0 Å². The van der Waals surface area contributed by atoms with Gasteiger partial charge in [-0.25, -0.2) is 0 Å². The molecular weight excluding hydrogens is 311 g/mol. The summed E-state index contributed by atoms with van der Waals surface area (Å²) in [6.45, 7) is 11.5. The van der Waals surface area contributed by atoms with Crippen LogP contribution in [0.25, 0.3) is 0 Å². The third kappa shape index (κ3) is 3.59. The van der Waals surface area contributed by atoms with E-state index in [0.717, 1.165) is 0 Å². The van der Waals surface area contributed by atoms with Crippen LogP contribution < -0.4 is 0 Å².